The second-order valence-corrected chi connectivity index (χ2v) is 4.78. The highest BCUT2D eigenvalue weighted by Gasteiger charge is 2.21. The molecule has 0 unspecified atom stereocenters. The van der Waals surface area contributed by atoms with Crippen LogP contribution in [0.25, 0.3) is 0 Å². The number of nitrogens with one attached hydrogen (secondary N) is 1. The van der Waals surface area contributed by atoms with E-state index in [2.05, 4.69) is 15.5 Å². The lowest BCUT2D eigenvalue weighted by Crippen LogP contribution is -2.22. The summed E-state index contributed by atoms with van der Waals surface area (Å²) >= 11 is 1.05. The van der Waals surface area contributed by atoms with E-state index in [1.807, 2.05) is 0 Å². The van der Waals surface area contributed by atoms with Crippen LogP contribution in [-0.2, 0) is 14.4 Å². The molecule has 1 aromatic heterocycles. The van der Waals surface area contributed by atoms with Gasteiger partial charge in [-0.3, -0.25) is 14.4 Å². The Labute approximate surface area is 109 Å². The van der Waals surface area contributed by atoms with Crippen molar-refractivity contribution in [2.45, 2.75) is 31.0 Å². The van der Waals surface area contributed by atoms with Gasteiger partial charge in [0.1, 0.15) is 10.3 Å². The van der Waals surface area contributed by atoms with Crippen LogP contribution in [0.5, 0.6) is 0 Å². The zero-order chi connectivity index (χ0) is 13.7. The van der Waals surface area contributed by atoms with Gasteiger partial charge in [0.15, 0.2) is 17.4 Å². The van der Waals surface area contributed by atoms with Gasteiger partial charge in [0.05, 0.1) is 0 Å². The number of aromatic nitrogens is 2. The van der Waals surface area contributed by atoms with Gasteiger partial charge in [-0.05, 0) is 26.0 Å². The summed E-state index contributed by atoms with van der Waals surface area (Å²) in [6, 6.07) is 3.16. The average Bonchev–Trinajstić information content (AvgIpc) is 2.26. The maximum Gasteiger partial charge on any atom is 0.222 e. The first-order valence-electron chi connectivity index (χ1n) is 5.19. The van der Waals surface area contributed by atoms with Gasteiger partial charge in [0.25, 0.3) is 0 Å². The van der Waals surface area contributed by atoms with E-state index in [0.717, 1.165) is 11.8 Å². The molecule has 6 nitrogen and oxygen atoms in total. The summed E-state index contributed by atoms with van der Waals surface area (Å²) in [5.74, 6) is -0.357. The van der Waals surface area contributed by atoms with E-state index in [1.54, 1.807) is 12.1 Å². The first-order valence-corrected chi connectivity index (χ1v) is 6.07. The van der Waals surface area contributed by atoms with Gasteiger partial charge in [0.2, 0.25) is 5.91 Å². The van der Waals surface area contributed by atoms with Crippen molar-refractivity contribution in [2.75, 3.05) is 5.32 Å². The predicted octanol–water partition coefficient (Wildman–Crippen LogP) is 1.07. The molecule has 0 saturated heterocycles. The molecule has 1 amide bonds. The fourth-order valence-electron chi connectivity index (χ4n) is 1.20. The molecule has 0 atom stereocenters. The molecule has 0 spiro atoms. The third-order valence-electron chi connectivity index (χ3n) is 1.92. The lowest BCUT2D eigenvalue weighted by molar-refractivity contribution is -0.124. The number of Topliss-reactive ketones (excluding diaryl/α,β-unsaturated/α-hetero) is 2. The van der Waals surface area contributed by atoms with Crippen LogP contribution >= 0.6 is 11.8 Å². The average molecular weight is 267 g/mol. The lowest BCUT2D eigenvalue weighted by Gasteiger charge is -2.08. The van der Waals surface area contributed by atoms with Crippen LogP contribution in [-0.4, -0.2) is 32.9 Å². The third-order valence-corrected chi connectivity index (χ3v) is 3.28. The van der Waals surface area contributed by atoms with Crippen LogP contribution in [0.2, 0.25) is 0 Å². The van der Waals surface area contributed by atoms with Crippen LogP contribution in [0.1, 0.15) is 20.8 Å². The van der Waals surface area contributed by atoms with E-state index in [4.69, 9.17) is 0 Å². The minimum atomic E-state index is -0.758. The molecular formula is C11H13N3O3S. The summed E-state index contributed by atoms with van der Waals surface area (Å²) in [5.41, 5.74) is 0. The Morgan fingerprint density at radius 1 is 1.11 bits per heavy atom. The molecule has 0 aliphatic rings. The van der Waals surface area contributed by atoms with Crippen molar-refractivity contribution >= 4 is 35.1 Å². The fraction of sp³-hybridized carbons (Fsp3) is 0.364. The first-order chi connectivity index (χ1) is 8.40. The van der Waals surface area contributed by atoms with Gasteiger partial charge in [0, 0.05) is 6.92 Å². The quantitative estimate of drug-likeness (QED) is 0.634. The van der Waals surface area contributed by atoms with Crippen LogP contribution < -0.4 is 5.32 Å². The van der Waals surface area contributed by atoms with Crippen molar-refractivity contribution in [1.29, 1.82) is 0 Å². The molecule has 0 fully saturated rings. The Balaban J connectivity index is 2.76. The molecule has 0 aromatic carbocycles. The van der Waals surface area contributed by atoms with Gasteiger partial charge in [-0.1, -0.05) is 11.8 Å². The van der Waals surface area contributed by atoms with Crippen molar-refractivity contribution < 1.29 is 14.4 Å². The highest BCUT2D eigenvalue weighted by molar-refractivity contribution is 8.01. The Bertz CT molecular complexity index is 459. The molecule has 18 heavy (non-hydrogen) atoms. The lowest BCUT2D eigenvalue weighted by atomic mass is 10.2. The normalized spacial score (nSPS) is 10.2. The predicted molar refractivity (Wildman–Crippen MR) is 67.3 cm³/mol. The Hall–Kier alpha value is -1.76. The summed E-state index contributed by atoms with van der Waals surface area (Å²) < 4.78 is 0. The summed E-state index contributed by atoms with van der Waals surface area (Å²) in [7, 11) is 0. The molecule has 0 aliphatic carbocycles. The molecule has 1 N–H and O–H groups in total. The topological polar surface area (TPSA) is 89.0 Å². The standard InChI is InChI=1S/C11H13N3O3S/c1-6(15)11(7(2)16)18-10-5-4-9(13-14-10)12-8(3)17/h4-5,11H,1-3H3,(H,12,13,17). The molecule has 1 aromatic rings. The molecule has 0 bridgehead atoms. The molecular weight excluding hydrogens is 254 g/mol. The largest absolute Gasteiger partial charge is 0.309 e. The number of nitrogens with zero attached hydrogens (tertiary/aromatic N) is 2. The maximum absolute atomic E-state index is 11.3. The first kappa shape index (κ1) is 14.3. The van der Waals surface area contributed by atoms with E-state index in [0.29, 0.717) is 10.8 Å². The number of carbonyl (C=O) groups is 3. The van der Waals surface area contributed by atoms with E-state index in [-0.39, 0.29) is 17.5 Å². The second kappa shape index (κ2) is 6.25. The number of rotatable bonds is 5. The zero-order valence-electron chi connectivity index (χ0n) is 10.3. The molecule has 0 radical (unpaired) electrons. The van der Waals surface area contributed by atoms with Crippen LogP contribution in [0, 0.1) is 0 Å². The number of thioether (sulfide) groups is 1. The molecule has 96 valence electrons. The Morgan fingerprint density at radius 2 is 1.72 bits per heavy atom. The number of hydrogen-bond donors (Lipinski definition) is 1. The molecule has 1 rings (SSSR count). The molecule has 0 saturated carbocycles. The Kier molecular flexibility index (Phi) is 4.96. The highest BCUT2D eigenvalue weighted by atomic mass is 32.2. The van der Waals surface area contributed by atoms with Crippen molar-refractivity contribution in [3.63, 3.8) is 0 Å². The summed E-state index contributed by atoms with van der Waals surface area (Å²) in [6.07, 6.45) is 0. The summed E-state index contributed by atoms with van der Waals surface area (Å²) in [5, 5.41) is 9.77. The zero-order valence-corrected chi connectivity index (χ0v) is 11.1. The smallest absolute Gasteiger partial charge is 0.222 e. The van der Waals surface area contributed by atoms with Gasteiger partial charge < -0.3 is 5.32 Å². The second-order valence-electron chi connectivity index (χ2n) is 3.66. The van der Waals surface area contributed by atoms with Crippen LogP contribution in [0.15, 0.2) is 17.2 Å². The third kappa shape index (κ3) is 4.25. The van der Waals surface area contributed by atoms with Gasteiger partial charge in [-0.2, -0.15) is 0 Å². The minimum Gasteiger partial charge on any atom is -0.309 e. The number of anilines is 1. The number of carbonyl (C=O) groups excluding carboxylic acids is 3. The van der Waals surface area contributed by atoms with Gasteiger partial charge in [-0.15, -0.1) is 10.2 Å². The Morgan fingerprint density at radius 3 is 2.11 bits per heavy atom. The van der Waals surface area contributed by atoms with Crippen LogP contribution in [0.3, 0.4) is 0 Å². The maximum atomic E-state index is 11.3. The van der Waals surface area contributed by atoms with E-state index < -0.39 is 5.25 Å². The van der Waals surface area contributed by atoms with E-state index in [9.17, 15) is 14.4 Å². The fourth-order valence-corrected chi connectivity index (χ4v) is 2.01. The molecule has 1 heterocycles. The minimum absolute atomic E-state index is 0.222. The van der Waals surface area contributed by atoms with Gasteiger partial charge >= 0.3 is 0 Å². The summed E-state index contributed by atoms with van der Waals surface area (Å²) in [4.78, 5) is 33.3. The van der Waals surface area contributed by atoms with E-state index >= 15 is 0 Å². The van der Waals surface area contributed by atoms with E-state index in [1.165, 1.54) is 20.8 Å². The van der Waals surface area contributed by atoms with Crippen molar-refractivity contribution in [3.05, 3.63) is 12.1 Å². The number of amides is 1. The van der Waals surface area contributed by atoms with Crippen LogP contribution in [0.4, 0.5) is 5.82 Å². The monoisotopic (exact) mass is 267 g/mol. The van der Waals surface area contributed by atoms with Crippen molar-refractivity contribution in [2.24, 2.45) is 0 Å². The number of ketones is 2. The molecule has 0 aliphatic heterocycles. The van der Waals surface area contributed by atoms with Crippen molar-refractivity contribution in [1.82, 2.24) is 10.2 Å². The SMILES string of the molecule is CC(=O)Nc1ccc(SC(C(C)=O)C(C)=O)nn1. The van der Waals surface area contributed by atoms with Gasteiger partial charge in [-0.25, -0.2) is 0 Å². The van der Waals surface area contributed by atoms with Crippen molar-refractivity contribution in [3.8, 4) is 0 Å². The summed E-state index contributed by atoms with van der Waals surface area (Å²) in [6.45, 7) is 4.09. The highest BCUT2D eigenvalue weighted by Crippen LogP contribution is 2.22. The number of hydrogen-bond acceptors (Lipinski definition) is 6. The molecule has 7 heteroatoms.